The van der Waals surface area contributed by atoms with Gasteiger partial charge in [-0.25, -0.2) is 0 Å². The van der Waals surface area contributed by atoms with Crippen LogP contribution in [-0.4, -0.2) is 5.97 Å². The van der Waals surface area contributed by atoms with E-state index in [9.17, 15) is 4.79 Å². The molecule has 1 rings (SSSR count). The second kappa shape index (κ2) is 9.60. The summed E-state index contributed by atoms with van der Waals surface area (Å²) in [4.78, 5) is 11.6. The molecule has 19 heavy (non-hydrogen) atoms. The highest BCUT2D eigenvalue weighted by Gasteiger charge is 2.10. The van der Waals surface area contributed by atoms with E-state index in [-0.39, 0.29) is 12.1 Å². The molecular formula is C17H25O2. The Morgan fingerprint density at radius 3 is 2.53 bits per heavy atom. The van der Waals surface area contributed by atoms with Gasteiger partial charge in [-0.15, -0.1) is 0 Å². The van der Waals surface area contributed by atoms with Crippen LogP contribution in [-0.2, 0) is 9.53 Å². The molecule has 0 heterocycles. The lowest BCUT2D eigenvalue weighted by atomic mass is 10.1. The Morgan fingerprint density at radius 2 is 1.84 bits per heavy atom. The molecule has 2 nitrogen and oxygen atoms in total. The summed E-state index contributed by atoms with van der Waals surface area (Å²) in [6, 6.07) is 9.82. The summed E-state index contributed by atoms with van der Waals surface area (Å²) in [5, 5.41) is 0. The molecule has 0 saturated carbocycles. The fourth-order valence-electron chi connectivity index (χ4n) is 1.98. The van der Waals surface area contributed by atoms with Gasteiger partial charge in [0, 0.05) is 0 Å². The van der Waals surface area contributed by atoms with Crippen molar-refractivity contribution in [1.29, 1.82) is 0 Å². The molecule has 0 fully saturated rings. The quantitative estimate of drug-likeness (QED) is 0.469. The Kier molecular flexibility index (Phi) is 7.95. The van der Waals surface area contributed by atoms with E-state index < -0.39 is 0 Å². The first kappa shape index (κ1) is 15.7. The fourth-order valence-corrected chi connectivity index (χ4v) is 1.98. The second-order valence-corrected chi connectivity index (χ2v) is 4.90. The van der Waals surface area contributed by atoms with Gasteiger partial charge in [0.1, 0.15) is 6.10 Å². The Balaban J connectivity index is 2.14. The van der Waals surface area contributed by atoms with Gasteiger partial charge in [0.15, 0.2) is 0 Å². The number of rotatable bonds is 9. The van der Waals surface area contributed by atoms with Gasteiger partial charge in [0.25, 0.3) is 0 Å². The summed E-state index contributed by atoms with van der Waals surface area (Å²) in [7, 11) is 0. The molecular weight excluding hydrogens is 236 g/mol. The lowest BCUT2D eigenvalue weighted by Gasteiger charge is -2.13. The van der Waals surface area contributed by atoms with E-state index in [1.54, 1.807) is 6.42 Å². The zero-order chi connectivity index (χ0) is 13.9. The van der Waals surface area contributed by atoms with Crippen LogP contribution in [0.4, 0.5) is 0 Å². The first-order valence-corrected chi connectivity index (χ1v) is 7.32. The van der Waals surface area contributed by atoms with Gasteiger partial charge in [-0.2, -0.15) is 0 Å². The van der Waals surface area contributed by atoms with Gasteiger partial charge >= 0.3 is 5.97 Å². The van der Waals surface area contributed by atoms with Gasteiger partial charge in [-0.05, 0) is 18.9 Å². The van der Waals surface area contributed by atoms with Crippen LogP contribution < -0.4 is 0 Å². The highest BCUT2D eigenvalue weighted by molar-refractivity contribution is 5.78. The molecule has 1 unspecified atom stereocenters. The summed E-state index contributed by atoms with van der Waals surface area (Å²) in [5.41, 5.74) is 1.03. The summed E-state index contributed by atoms with van der Waals surface area (Å²) in [6.07, 6.45) is 8.40. The number of carbonyl (C=O) groups is 1. The predicted octanol–water partition coefficient (Wildman–Crippen LogP) is 4.86. The first-order valence-electron chi connectivity index (χ1n) is 7.32. The number of ether oxygens (including phenoxy) is 1. The topological polar surface area (TPSA) is 26.3 Å². The Bertz CT molecular complexity index is 346. The van der Waals surface area contributed by atoms with Crippen molar-refractivity contribution in [3.63, 3.8) is 0 Å². The van der Waals surface area contributed by atoms with Gasteiger partial charge in [-0.1, -0.05) is 69.4 Å². The van der Waals surface area contributed by atoms with E-state index in [1.165, 1.54) is 25.7 Å². The molecule has 0 saturated heterocycles. The smallest absolute Gasteiger partial charge is 0.310 e. The van der Waals surface area contributed by atoms with Gasteiger partial charge < -0.3 is 4.74 Å². The summed E-state index contributed by atoms with van der Waals surface area (Å²) < 4.78 is 5.37. The number of benzene rings is 1. The van der Waals surface area contributed by atoms with Crippen LogP contribution in [0.5, 0.6) is 0 Å². The Morgan fingerprint density at radius 1 is 1.16 bits per heavy atom. The molecule has 0 spiro atoms. The molecule has 0 aliphatic rings. The lowest BCUT2D eigenvalue weighted by Crippen LogP contribution is -2.09. The minimum Gasteiger partial charge on any atom is -0.458 e. The maximum atomic E-state index is 11.6. The van der Waals surface area contributed by atoms with Crippen molar-refractivity contribution >= 4 is 5.97 Å². The third kappa shape index (κ3) is 7.00. The minimum absolute atomic E-state index is 0.176. The average molecular weight is 261 g/mol. The van der Waals surface area contributed by atoms with E-state index in [1.807, 2.05) is 37.3 Å². The van der Waals surface area contributed by atoms with Crippen molar-refractivity contribution < 1.29 is 9.53 Å². The zero-order valence-electron chi connectivity index (χ0n) is 12.1. The van der Waals surface area contributed by atoms with Crippen LogP contribution >= 0.6 is 0 Å². The van der Waals surface area contributed by atoms with Crippen LogP contribution in [0.25, 0.3) is 0 Å². The predicted molar refractivity (Wildman–Crippen MR) is 78.6 cm³/mol. The molecule has 105 valence electrons. The van der Waals surface area contributed by atoms with Crippen molar-refractivity contribution in [2.45, 2.75) is 58.5 Å². The van der Waals surface area contributed by atoms with Crippen LogP contribution in [0.3, 0.4) is 0 Å². The molecule has 0 bridgehead atoms. The molecule has 0 N–H and O–H groups in total. The van der Waals surface area contributed by atoms with E-state index in [2.05, 4.69) is 6.92 Å². The fraction of sp³-hybridized carbons (Fsp3) is 0.529. The van der Waals surface area contributed by atoms with E-state index >= 15 is 0 Å². The molecule has 1 radical (unpaired) electrons. The average Bonchev–Trinajstić information content (AvgIpc) is 2.43. The maximum absolute atomic E-state index is 11.6. The molecule has 1 atom stereocenters. The van der Waals surface area contributed by atoms with Crippen LogP contribution in [0.1, 0.15) is 64.0 Å². The van der Waals surface area contributed by atoms with E-state index in [0.29, 0.717) is 0 Å². The minimum atomic E-state index is -0.202. The molecule has 1 aromatic carbocycles. The van der Waals surface area contributed by atoms with Crippen molar-refractivity contribution in [3.05, 3.63) is 42.3 Å². The van der Waals surface area contributed by atoms with Gasteiger partial charge in [0.2, 0.25) is 0 Å². The van der Waals surface area contributed by atoms with E-state index in [0.717, 1.165) is 18.4 Å². The molecule has 0 amide bonds. The van der Waals surface area contributed by atoms with Crippen LogP contribution in [0, 0.1) is 6.42 Å². The Labute approximate surface area is 117 Å². The molecule has 0 aromatic heterocycles. The number of unbranched alkanes of at least 4 members (excludes halogenated alkanes) is 5. The molecule has 2 heteroatoms. The number of hydrogen-bond acceptors (Lipinski definition) is 2. The van der Waals surface area contributed by atoms with Crippen molar-refractivity contribution in [2.24, 2.45) is 0 Å². The van der Waals surface area contributed by atoms with Crippen molar-refractivity contribution in [2.75, 3.05) is 0 Å². The van der Waals surface area contributed by atoms with Crippen molar-refractivity contribution in [3.8, 4) is 0 Å². The number of esters is 1. The molecule has 1 aromatic rings. The largest absolute Gasteiger partial charge is 0.458 e. The highest BCUT2D eigenvalue weighted by atomic mass is 16.5. The number of carbonyl (C=O) groups excluding carboxylic acids is 1. The lowest BCUT2D eigenvalue weighted by molar-refractivity contribution is -0.144. The summed E-state index contributed by atoms with van der Waals surface area (Å²) in [6.45, 7) is 4.11. The van der Waals surface area contributed by atoms with Crippen LogP contribution in [0.2, 0.25) is 0 Å². The first-order chi connectivity index (χ1) is 9.24. The maximum Gasteiger partial charge on any atom is 0.310 e. The molecule has 0 aliphatic heterocycles. The Hall–Kier alpha value is -1.31. The SMILES string of the molecule is CCCCCCC[CH]C(=O)OC(C)c1ccccc1. The van der Waals surface area contributed by atoms with E-state index in [4.69, 9.17) is 4.74 Å². The van der Waals surface area contributed by atoms with Crippen molar-refractivity contribution in [1.82, 2.24) is 0 Å². The standard InChI is InChI=1S/C17H25O2/c1-3-4-5-6-7-11-14-17(18)19-15(2)16-12-9-8-10-13-16/h8-10,12-15H,3-7,11H2,1-2H3. The summed E-state index contributed by atoms with van der Waals surface area (Å²) >= 11 is 0. The third-order valence-electron chi connectivity index (χ3n) is 3.18. The van der Waals surface area contributed by atoms with Gasteiger partial charge in [-0.3, -0.25) is 4.79 Å². The highest BCUT2D eigenvalue weighted by Crippen LogP contribution is 2.17. The summed E-state index contributed by atoms with van der Waals surface area (Å²) in [5.74, 6) is -0.202. The van der Waals surface area contributed by atoms with Gasteiger partial charge in [0.05, 0.1) is 6.42 Å². The number of hydrogen-bond donors (Lipinski definition) is 0. The zero-order valence-corrected chi connectivity index (χ0v) is 12.1. The monoisotopic (exact) mass is 261 g/mol. The van der Waals surface area contributed by atoms with Crippen LogP contribution in [0.15, 0.2) is 30.3 Å². The molecule has 0 aliphatic carbocycles. The normalized spacial score (nSPS) is 12.1. The second-order valence-electron chi connectivity index (χ2n) is 4.90. The third-order valence-corrected chi connectivity index (χ3v) is 3.18.